The fourth-order valence-corrected chi connectivity index (χ4v) is 4.37. The zero-order valence-electron chi connectivity index (χ0n) is 13.3. The van der Waals surface area contributed by atoms with Gasteiger partial charge in [0.15, 0.2) is 0 Å². The Hall–Kier alpha value is -1.46. The van der Waals surface area contributed by atoms with Crippen molar-refractivity contribution >= 4 is 11.0 Å². The van der Waals surface area contributed by atoms with Crippen LogP contribution in [0.5, 0.6) is 0 Å². The van der Waals surface area contributed by atoms with Crippen LogP contribution < -0.4 is 4.72 Å². The van der Waals surface area contributed by atoms with Crippen molar-refractivity contribution in [3.05, 3.63) is 35.2 Å². The fourth-order valence-electron chi connectivity index (χ4n) is 3.11. The van der Waals surface area contributed by atoms with Crippen LogP contribution in [-0.2, 0) is 11.0 Å². The van der Waals surface area contributed by atoms with Gasteiger partial charge in [0.1, 0.15) is 16.7 Å². The van der Waals surface area contributed by atoms with Gasteiger partial charge in [0.2, 0.25) is 0 Å². The first kappa shape index (κ1) is 15.4. The van der Waals surface area contributed by atoms with Crippen LogP contribution in [0.2, 0.25) is 0 Å². The van der Waals surface area contributed by atoms with Crippen LogP contribution in [0.1, 0.15) is 42.7 Å². The minimum absolute atomic E-state index is 0.378. The van der Waals surface area contributed by atoms with E-state index in [1.165, 1.54) is 12.8 Å². The molecule has 5 heteroatoms. The van der Waals surface area contributed by atoms with Crippen LogP contribution in [0.25, 0.3) is 11.1 Å². The second-order valence-electron chi connectivity index (χ2n) is 6.05. The lowest BCUT2D eigenvalue weighted by molar-refractivity contribution is 0.393. The summed E-state index contributed by atoms with van der Waals surface area (Å²) in [6.45, 7) is 5.84. The molecule has 0 amide bonds. The fraction of sp³-hybridized carbons (Fsp3) is 0.471. The molecule has 0 spiro atoms. The first-order valence-electron chi connectivity index (χ1n) is 7.78. The maximum absolute atomic E-state index is 12.7. The molecule has 2 aromatic rings. The third-order valence-electron chi connectivity index (χ3n) is 4.34. The molecule has 0 radical (unpaired) electrons. The summed E-state index contributed by atoms with van der Waals surface area (Å²) in [5.74, 6) is 0.793. The Kier molecular flexibility index (Phi) is 4.45. The number of aryl methyl sites for hydroxylation is 3. The van der Waals surface area contributed by atoms with E-state index < -0.39 is 11.0 Å². The highest BCUT2D eigenvalue weighted by Crippen LogP contribution is 2.29. The molecular weight excluding hydrogens is 296 g/mol. The molecular formula is C17H22N2O2S. The van der Waals surface area contributed by atoms with Gasteiger partial charge in [-0.2, -0.15) is 0 Å². The van der Waals surface area contributed by atoms with Gasteiger partial charge in [-0.25, -0.2) is 8.93 Å². The van der Waals surface area contributed by atoms with Gasteiger partial charge < -0.3 is 4.52 Å². The Balaban J connectivity index is 1.91. The molecule has 3 rings (SSSR count). The van der Waals surface area contributed by atoms with E-state index >= 15 is 0 Å². The normalized spacial score (nSPS) is 17.0. The first-order chi connectivity index (χ1) is 10.6. The predicted molar refractivity (Wildman–Crippen MR) is 88.0 cm³/mol. The van der Waals surface area contributed by atoms with Crippen molar-refractivity contribution in [2.24, 2.45) is 0 Å². The van der Waals surface area contributed by atoms with Crippen LogP contribution in [-0.4, -0.2) is 15.4 Å². The van der Waals surface area contributed by atoms with E-state index in [4.69, 9.17) is 4.52 Å². The summed E-state index contributed by atoms with van der Waals surface area (Å²) in [6, 6.07) is 6.44. The summed E-state index contributed by atoms with van der Waals surface area (Å²) < 4.78 is 21.2. The van der Waals surface area contributed by atoms with Gasteiger partial charge in [-0.15, -0.1) is 0 Å². The van der Waals surface area contributed by atoms with Crippen molar-refractivity contribution in [1.82, 2.24) is 9.88 Å². The van der Waals surface area contributed by atoms with Gasteiger partial charge in [-0.05, 0) is 50.8 Å². The molecule has 1 aromatic carbocycles. The number of nitrogens with zero attached hydrogens (tertiary/aromatic N) is 1. The number of rotatable bonds is 4. The standard InChI is InChI=1S/C17H22N2O2S/c1-11-8-9-14(17-12(2)18-21-13(17)3)10-16(11)22(20)19-15-6-4-5-7-15/h8-10,15,19H,4-7H2,1-3H3. The molecule has 0 aliphatic heterocycles. The van der Waals surface area contributed by atoms with E-state index in [0.717, 1.165) is 45.9 Å². The second kappa shape index (κ2) is 6.34. The number of hydrogen-bond acceptors (Lipinski definition) is 3. The van der Waals surface area contributed by atoms with Gasteiger partial charge in [0, 0.05) is 11.6 Å². The topological polar surface area (TPSA) is 55.1 Å². The van der Waals surface area contributed by atoms with Crippen LogP contribution >= 0.6 is 0 Å². The molecule has 1 fully saturated rings. The summed E-state index contributed by atoms with van der Waals surface area (Å²) in [4.78, 5) is 0.851. The summed E-state index contributed by atoms with van der Waals surface area (Å²) in [5, 5.41) is 4.01. The van der Waals surface area contributed by atoms with E-state index in [9.17, 15) is 4.21 Å². The summed E-state index contributed by atoms with van der Waals surface area (Å²) in [7, 11) is -1.17. The van der Waals surface area contributed by atoms with Crippen molar-refractivity contribution in [3.8, 4) is 11.1 Å². The van der Waals surface area contributed by atoms with Crippen molar-refractivity contribution in [3.63, 3.8) is 0 Å². The average Bonchev–Trinajstić information content (AvgIpc) is 3.10. The largest absolute Gasteiger partial charge is 0.361 e. The monoisotopic (exact) mass is 318 g/mol. The van der Waals surface area contributed by atoms with Gasteiger partial charge in [0.25, 0.3) is 0 Å². The molecule has 1 N–H and O–H groups in total. The molecule has 1 heterocycles. The molecule has 0 bridgehead atoms. The molecule has 1 unspecified atom stereocenters. The van der Waals surface area contributed by atoms with E-state index in [2.05, 4.69) is 9.88 Å². The van der Waals surface area contributed by atoms with Gasteiger partial charge in [-0.1, -0.05) is 30.1 Å². The number of benzene rings is 1. The number of hydrogen-bond donors (Lipinski definition) is 1. The van der Waals surface area contributed by atoms with Crippen LogP contribution in [0.4, 0.5) is 0 Å². The van der Waals surface area contributed by atoms with Crippen molar-refractivity contribution in [1.29, 1.82) is 0 Å². The van der Waals surface area contributed by atoms with Gasteiger partial charge in [-0.3, -0.25) is 0 Å². The highest BCUT2D eigenvalue weighted by molar-refractivity contribution is 7.83. The zero-order valence-corrected chi connectivity index (χ0v) is 14.1. The van der Waals surface area contributed by atoms with Crippen molar-refractivity contribution in [2.75, 3.05) is 0 Å². The maximum atomic E-state index is 12.7. The maximum Gasteiger partial charge on any atom is 0.141 e. The Morgan fingerprint density at radius 2 is 1.95 bits per heavy atom. The average molecular weight is 318 g/mol. The Labute approximate surface area is 133 Å². The molecule has 0 saturated heterocycles. The van der Waals surface area contributed by atoms with Crippen molar-refractivity contribution < 1.29 is 8.73 Å². The summed E-state index contributed by atoms with van der Waals surface area (Å²) in [5.41, 5.74) is 3.92. The zero-order chi connectivity index (χ0) is 15.7. The Morgan fingerprint density at radius 3 is 2.59 bits per heavy atom. The summed E-state index contributed by atoms with van der Waals surface area (Å²) in [6.07, 6.45) is 4.70. The smallest absolute Gasteiger partial charge is 0.141 e. The first-order valence-corrected chi connectivity index (χ1v) is 8.93. The Morgan fingerprint density at radius 1 is 1.23 bits per heavy atom. The highest BCUT2D eigenvalue weighted by atomic mass is 32.2. The van der Waals surface area contributed by atoms with Gasteiger partial charge >= 0.3 is 0 Å². The predicted octanol–water partition coefficient (Wildman–Crippen LogP) is 3.82. The van der Waals surface area contributed by atoms with E-state index in [-0.39, 0.29) is 0 Å². The summed E-state index contributed by atoms with van der Waals surface area (Å²) >= 11 is 0. The lowest BCUT2D eigenvalue weighted by Gasteiger charge is -2.14. The minimum atomic E-state index is -1.17. The SMILES string of the molecule is Cc1ccc(-c2c(C)noc2C)cc1S(=O)NC1CCCC1. The van der Waals surface area contributed by atoms with Crippen LogP contribution in [0, 0.1) is 20.8 Å². The molecule has 118 valence electrons. The molecule has 1 aromatic heterocycles. The molecule has 1 saturated carbocycles. The van der Waals surface area contributed by atoms with E-state index in [0.29, 0.717) is 6.04 Å². The Bertz CT molecular complexity index is 683. The molecule has 1 aliphatic carbocycles. The third kappa shape index (κ3) is 3.01. The van der Waals surface area contributed by atoms with E-state index in [1.807, 2.05) is 39.0 Å². The lowest BCUT2D eigenvalue weighted by Crippen LogP contribution is -2.28. The quantitative estimate of drug-likeness (QED) is 0.932. The van der Waals surface area contributed by atoms with Crippen LogP contribution in [0.3, 0.4) is 0 Å². The van der Waals surface area contributed by atoms with Crippen molar-refractivity contribution in [2.45, 2.75) is 57.4 Å². The molecule has 22 heavy (non-hydrogen) atoms. The highest BCUT2D eigenvalue weighted by Gasteiger charge is 2.20. The second-order valence-corrected chi connectivity index (χ2v) is 7.26. The van der Waals surface area contributed by atoms with E-state index in [1.54, 1.807) is 0 Å². The number of aromatic nitrogens is 1. The molecule has 1 aliphatic rings. The third-order valence-corrected chi connectivity index (χ3v) is 5.73. The minimum Gasteiger partial charge on any atom is -0.361 e. The van der Waals surface area contributed by atoms with Gasteiger partial charge in [0.05, 0.1) is 10.6 Å². The lowest BCUT2D eigenvalue weighted by atomic mass is 10.0. The molecule has 1 atom stereocenters. The molecule has 4 nitrogen and oxygen atoms in total. The van der Waals surface area contributed by atoms with Crippen LogP contribution in [0.15, 0.2) is 27.6 Å². The number of nitrogens with one attached hydrogen (secondary N) is 1.